The molecule has 0 unspecified atom stereocenters. The third-order valence-electron chi connectivity index (χ3n) is 4.74. The van der Waals surface area contributed by atoms with Crippen molar-refractivity contribution in [2.45, 2.75) is 18.7 Å². The maximum Gasteiger partial charge on any atom is 0.264 e. The van der Waals surface area contributed by atoms with Crippen molar-refractivity contribution in [3.8, 4) is 0 Å². The van der Waals surface area contributed by atoms with E-state index < -0.39 is 15.9 Å². The van der Waals surface area contributed by atoms with Gasteiger partial charge in [0.25, 0.3) is 15.9 Å². The fourth-order valence-corrected chi connectivity index (χ4v) is 4.33. The van der Waals surface area contributed by atoms with Gasteiger partial charge in [-0.2, -0.15) is 0 Å². The van der Waals surface area contributed by atoms with E-state index >= 15 is 0 Å². The molecule has 0 aliphatic carbocycles. The van der Waals surface area contributed by atoms with Crippen LogP contribution in [0.25, 0.3) is 0 Å². The SMILES string of the molecule is CC(=O)c1cccc(NC(=O)c2cccc(S(=O)(=O)N(C)c3ccccc3C)c2)c1. The number of hydrogen-bond acceptors (Lipinski definition) is 4. The third kappa shape index (κ3) is 4.41. The Labute approximate surface area is 176 Å². The number of hydrogen-bond donors (Lipinski definition) is 1. The number of nitrogens with one attached hydrogen (secondary N) is 1. The van der Waals surface area contributed by atoms with Crippen LogP contribution in [-0.4, -0.2) is 27.2 Å². The first-order valence-electron chi connectivity index (χ1n) is 9.27. The third-order valence-corrected chi connectivity index (χ3v) is 6.50. The monoisotopic (exact) mass is 422 g/mol. The minimum absolute atomic E-state index is 0.0124. The lowest BCUT2D eigenvalue weighted by atomic mass is 10.1. The van der Waals surface area contributed by atoms with Gasteiger partial charge in [0.1, 0.15) is 0 Å². The molecule has 3 rings (SSSR count). The number of nitrogens with zero attached hydrogens (tertiary/aromatic N) is 1. The number of sulfonamides is 1. The molecule has 0 saturated heterocycles. The Kier molecular flexibility index (Phi) is 6.03. The van der Waals surface area contributed by atoms with Crippen LogP contribution in [0, 0.1) is 6.92 Å². The molecule has 0 fully saturated rings. The highest BCUT2D eigenvalue weighted by atomic mass is 32.2. The van der Waals surface area contributed by atoms with Crippen molar-refractivity contribution in [2.24, 2.45) is 0 Å². The molecule has 6 nitrogen and oxygen atoms in total. The summed E-state index contributed by atoms with van der Waals surface area (Å²) in [6.07, 6.45) is 0. The Hall–Kier alpha value is -3.45. The molecule has 0 aromatic heterocycles. The molecular weight excluding hydrogens is 400 g/mol. The number of carbonyl (C=O) groups is 2. The van der Waals surface area contributed by atoms with Crippen LogP contribution in [0.3, 0.4) is 0 Å². The van der Waals surface area contributed by atoms with Gasteiger partial charge in [-0.05, 0) is 55.8 Å². The zero-order valence-electron chi connectivity index (χ0n) is 16.9. The van der Waals surface area contributed by atoms with E-state index in [1.807, 2.05) is 19.1 Å². The molecule has 3 aromatic carbocycles. The van der Waals surface area contributed by atoms with Crippen molar-refractivity contribution in [1.82, 2.24) is 0 Å². The van der Waals surface area contributed by atoms with Gasteiger partial charge in [-0.3, -0.25) is 13.9 Å². The molecule has 0 bridgehead atoms. The zero-order chi connectivity index (χ0) is 21.9. The Morgan fingerprint density at radius 3 is 2.23 bits per heavy atom. The molecule has 30 heavy (non-hydrogen) atoms. The molecule has 0 aliphatic rings. The molecule has 0 saturated carbocycles. The second-order valence-corrected chi connectivity index (χ2v) is 8.85. The van der Waals surface area contributed by atoms with Gasteiger partial charge in [0.15, 0.2) is 5.78 Å². The van der Waals surface area contributed by atoms with Crippen molar-refractivity contribution in [3.63, 3.8) is 0 Å². The van der Waals surface area contributed by atoms with E-state index in [0.717, 1.165) is 5.56 Å². The lowest BCUT2D eigenvalue weighted by Gasteiger charge is -2.21. The molecule has 154 valence electrons. The Morgan fingerprint density at radius 1 is 0.867 bits per heavy atom. The maximum atomic E-state index is 13.1. The summed E-state index contributed by atoms with van der Waals surface area (Å²) in [7, 11) is -2.37. The molecule has 3 aromatic rings. The Morgan fingerprint density at radius 2 is 1.53 bits per heavy atom. The molecule has 0 aliphatic heterocycles. The van der Waals surface area contributed by atoms with Crippen LogP contribution < -0.4 is 9.62 Å². The highest BCUT2D eigenvalue weighted by Crippen LogP contribution is 2.25. The number of Topliss-reactive ketones (excluding diaryl/α,β-unsaturated/α-hetero) is 1. The fourth-order valence-electron chi connectivity index (χ4n) is 3.02. The summed E-state index contributed by atoms with van der Waals surface area (Å²) in [5, 5.41) is 2.70. The largest absolute Gasteiger partial charge is 0.322 e. The topological polar surface area (TPSA) is 83.5 Å². The quantitative estimate of drug-likeness (QED) is 0.601. The molecule has 7 heteroatoms. The number of benzene rings is 3. The highest BCUT2D eigenvalue weighted by Gasteiger charge is 2.23. The summed E-state index contributed by atoms with van der Waals surface area (Å²) in [4.78, 5) is 24.2. The lowest BCUT2D eigenvalue weighted by molar-refractivity contribution is 0.101. The molecule has 0 heterocycles. The molecule has 0 radical (unpaired) electrons. The highest BCUT2D eigenvalue weighted by molar-refractivity contribution is 7.92. The van der Waals surface area contributed by atoms with Crippen LogP contribution in [0.4, 0.5) is 11.4 Å². The molecule has 1 amide bonds. The number of carbonyl (C=O) groups excluding carboxylic acids is 2. The minimum atomic E-state index is -3.85. The average molecular weight is 423 g/mol. The standard InChI is InChI=1S/C23H22N2O4S/c1-16-8-4-5-13-22(16)25(3)30(28,29)21-12-7-10-19(15-21)23(27)24-20-11-6-9-18(14-20)17(2)26/h4-15H,1-3H3,(H,24,27). The average Bonchev–Trinajstić information content (AvgIpc) is 2.74. The van der Waals surface area contributed by atoms with Gasteiger partial charge in [0, 0.05) is 23.9 Å². The summed E-state index contributed by atoms with van der Waals surface area (Å²) in [5.74, 6) is -0.579. The van der Waals surface area contributed by atoms with Crippen molar-refractivity contribution in [2.75, 3.05) is 16.7 Å². The van der Waals surface area contributed by atoms with Gasteiger partial charge >= 0.3 is 0 Å². The van der Waals surface area contributed by atoms with Crippen LogP contribution >= 0.6 is 0 Å². The lowest BCUT2D eigenvalue weighted by Crippen LogP contribution is -2.27. The number of anilines is 2. The van der Waals surface area contributed by atoms with Crippen molar-refractivity contribution < 1.29 is 18.0 Å². The van der Waals surface area contributed by atoms with Crippen LogP contribution in [0.2, 0.25) is 0 Å². The Balaban J connectivity index is 1.88. The summed E-state index contributed by atoms with van der Waals surface area (Å²) >= 11 is 0. The summed E-state index contributed by atoms with van der Waals surface area (Å²) in [6, 6.07) is 19.6. The molecular formula is C23H22N2O4S. The summed E-state index contributed by atoms with van der Waals surface area (Å²) < 4.78 is 27.4. The molecule has 1 N–H and O–H groups in total. The number of para-hydroxylation sites is 1. The second kappa shape index (κ2) is 8.51. The predicted octanol–water partition coefficient (Wildman–Crippen LogP) is 4.28. The molecule has 0 spiro atoms. The van der Waals surface area contributed by atoms with E-state index in [2.05, 4.69) is 5.32 Å². The predicted molar refractivity (Wildman–Crippen MR) is 118 cm³/mol. The fraction of sp³-hybridized carbons (Fsp3) is 0.130. The van der Waals surface area contributed by atoms with E-state index in [-0.39, 0.29) is 16.2 Å². The van der Waals surface area contributed by atoms with Crippen LogP contribution in [0.1, 0.15) is 33.2 Å². The van der Waals surface area contributed by atoms with Crippen LogP contribution in [0.15, 0.2) is 77.7 Å². The maximum absolute atomic E-state index is 13.1. The normalized spacial score (nSPS) is 11.0. The van der Waals surface area contributed by atoms with Gasteiger partial charge in [-0.15, -0.1) is 0 Å². The van der Waals surface area contributed by atoms with E-state index in [4.69, 9.17) is 0 Å². The van der Waals surface area contributed by atoms with Gasteiger partial charge < -0.3 is 5.32 Å². The van der Waals surface area contributed by atoms with E-state index in [0.29, 0.717) is 16.9 Å². The zero-order valence-corrected chi connectivity index (χ0v) is 17.7. The Bertz CT molecular complexity index is 1220. The van der Waals surface area contributed by atoms with Gasteiger partial charge in [0.05, 0.1) is 10.6 Å². The summed E-state index contributed by atoms with van der Waals surface area (Å²) in [6.45, 7) is 3.28. The van der Waals surface area contributed by atoms with Crippen molar-refractivity contribution in [3.05, 3.63) is 89.5 Å². The van der Waals surface area contributed by atoms with Crippen LogP contribution in [-0.2, 0) is 10.0 Å². The minimum Gasteiger partial charge on any atom is -0.322 e. The van der Waals surface area contributed by atoms with Crippen molar-refractivity contribution in [1.29, 1.82) is 0 Å². The van der Waals surface area contributed by atoms with Gasteiger partial charge in [0.2, 0.25) is 0 Å². The van der Waals surface area contributed by atoms with Gasteiger partial charge in [-0.25, -0.2) is 8.42 Å². The first-order chi connectivity index (χ1) is 14.2. The van der Waals surface area contributed by atoms with Crippen LogP contribution in [0.5, 0.6) is 0 Å². The number of rotatable bonds is 6. The smallest absolute Gasteiger partial charge is 0.264 e. The van der Waals surface area contributed by atoms with Crippen molar-refractivity contribution >= 4 is 33.1 Å². The first-order valence-corrected chi connectivity index (χ1v) is 10.7. The van der Waals surface area contributed by atoms with Gasteiger partial charge in [-0.1, -0.05) is 36.4 Å². The second-order valence-electron chi connectivity index (χ2n) is 6.88. The first kappa shape index (κ1) is 21.3. The summed E-state index contributed by atoms with van der Waals surface area (Å²) in [5.41, 5.74) is 2.51. The number of ketones is 1. The van der Waals surface area contributed by atoms with E-state index in [1.54, 1.807) is 36.4 Å². The van der Waals surface area contributed by atoms with E-state index in [9.17, 15) is 18.0 Å². The van der Waals surface area contributed by atoms with E-state index in [1.165, 1.54) is 42.5 Å². The number of amides is 1. The molecule has 0 atom stereocenters. The number of aryl methyl sites for hydroxylation is 1.